The van der Waals surface area contributed by atoms with E-state index in [1.165, 1.54) is 4.90 Å². The molecule has 8 heteroatoms. The predicted octanol–water partition coefficient (Wildman–Crippen LogP) is -1.50. The average molecular weight is 340 g/mol. The van der Waals surface area contributed by atoms with Gasteiger partial charge in [0.1, 0.15) is 13.1 Å². The van der Waals surface area contributed by atoms with E-state index < -0.39 is 11.8 Å². The lowest BCUT2D eigenvalue weighted by Gasteiger charge is -2.30. The molecule has 0 aromatic carbocycles. The fourth-order valence-corrected chi connectivity index (χ4v) is 2.69. The van der Waals surface area contributed by atoms with Crippen LogP contribution in [0, 0.1) is 0 Å². The zero-order valence-electron chi connectivity index (χ0n) is 14.0. The van der Waals surface area contributed by atoms with E-state index in [9.17, 15) is 9.59 Å². The Morgan fingerprint density at radius 2 is 2.04 bits per heavy atom. The largest absolute Gasteiger partial charge is 0.463 e. The highest BCUT2D eigenvalue weighted by Crippen LogP contribution is 2.09. The predicted molar refractivity (Wildman–Crippen MR) is 85.5 cm³/mol. The number of carbonyl (C=O) groups is 2. The second-order valence-electron chi connectivity index (χ2n) is 5.65. The molecule has 1 fully saturated rings. The average Bonchev–Trinajstić information content (AvgIpc) is 3.14. The van der Waals surface area contributed by atoms with Crippen molar-refractivity contribution in [2.24, 2.45) is 0 Å². The minimum Gasteiger partial charge on any atom is -0.463 e. The lowest BCUT2D eigenvalue weighted by Crippen LogP contribution is -3.15. The molecule has 24 heavy (non-hydrogen) atoms. The zero-order chi connectivity index (χ0) is 17.2. The number of hydrogen-bond donors (Lipinski definition) is 3. The van der Waals surface area contributed by atoms with Crippen molar-refractivity contribution in [2.45, 2.75) is 12.5 Å². The Bertz CT molecular complexity index is 500. The summed E-state index contributed by atoms with van der Waals surface area (Å²) in [6.45, 7) is 4.34. The Morgan fingerprint density at radius 3 is 2.71 bits per heavy atom. The molecule has 3 N–H and O–H groups in total. The van der Waals surface area contributed by atoms with Gasteiger partial charge >= 0.3 is 11.8 Å². The molecule has 8 nitrogen and oxygen atoms in total. The molecule has 0 bridgehead atoms. The Kier molecular flexibility index (Phi) is 7.73. The summed E-state index contributed by atoms with van der Waals surface area (Å²) in [5.41, 5.74) is 0. The molecular weight excluding hydrogens is 314 g/mol. The minimum atomic E-state index is -0.628. The molecule has 0 aliphatic carbocycles. The van der Waals surface area contributed by atoms with Crippen LogP contribution in [-0.4, -0.2) is 64.9 Å². The van der Waals surface area contributed by atoms with Gasteiger partial charge in [-0.1, -0.05) is 0 Å². The Morgan fingerprint density at radius 1 is 1.29 bits per heavy atom. The van der Waals surface area contributed by atoms with E-state index in [0.717, 1.165) is 18.8 Å². The van der Waals surface area contributed by atoms with Gasteiger partial charge in [0, 0.05) is 20.3 Å². The molecule has 1 aliphatic rings. The number of ether oxygens (including phenoxy) is 2. The van der Waals surface area contributed by atoms with Gasteiger partial charge in [0.2, 0.25) is 0 Å². The second kappa shape index (κ2) is 10.1. The number of furan rings is 1. The number of carbonyl (C=O) groups excluding carboxylic acids is 2. The molecular formula is C16H26N3O5+. The molecule has 0 unspecified atom stereocenters. The van der Waals surface area contributed by atoms with Crippen molar-refractivity contribution >= 4 is 11.8 Å². The van der Waals surface area contributed by atoms with Gasteiger partial charge in [0.05, 0.1) is 26.0 Å². The molecule has 1 aliphatic heterocycles. The van der Waals surface area contributed by atoms with Crippen LogP contribution in [0.5, 0.6) is 0 Å². The van der Waals surface area contributed by atoms with Gasteiger partial charge in [-0.05, 0) is 18.6 Å². The highest BCUT2D eigenvalue weighted by molar-refractivity contribution is 6.35. The first kappa shape index (κ1) is 18.4. The van der Waals surface area contributed by atoms with Crippen LogP contribution >= 0.6 is 0 Å². The number of quaternary nitrogens is 1. The van der Waals surface area contributed by atoms with Gasteiger partial charge in [0.25, 0.3) is 0 Å². The van der Waals surface area contributed by atoms with Crippen LogP contribution in [0.3, 0.4) is 0 Å². The number of rotatable bonds is 8. The van der Waals surface area contributed by atoms with Crippen LogP contribution in [0.4, 0.5) is 0 Å². The van der Waals surface area contributed by atoms with Crippen LogP contribution in [0.15, 0.2) is 22.8 Å². The first-order valence-corrected chi connectivity index (χ1v) is 8.23. The summed E-state index contributed by atoms with van der Waals surface area (Å²) in [5.74, 6) is -0.453. The zero-order valence-corrected chi connectivity index (χ0v) is 14.0. The fourth-order valence-electron chi connectivity index (χ4n) is 2.69. The van der Waals surface area contributed by atoms with E-state index in [4.69, 9.17) is 13.9 Å². The summed E-state index contributed by atoms with van der Waals surface area (Å²) >= 11 is 0. The van der Waals surface area contributed by atoms with Crippen LogP contribution < -0.4 is 15.5 Å². The van der Waals surface area contributed by atoms with Crippen molar-refractivity contribution in [3.8, 4) is 0 Å². The van der Waals surface area contributed by atoms with Crippen molar-refractivity contribution in [3.05, 3.63) is 24.2 Å². The van der Waals surface area contributed by atoms with Gasteiger partial charge in [-0.25, -0.2) is 0 Å². The van der Waals surface area contributed by atoms with E-state index in [-0.39, 0.29) is 6.04 Å². The smallest absolute Gasteiger partial charge is 0.309 e. The fraction of sp³-hybridized carbons (Fsp3) is 0.625. The summed E-state index contributed by atoms with van der Waals surface area (Å²) in [5, 5.41) is 5.28. The van der Waals surface area contributed by atoms with Crippen LogP contribution in [0.25, 0.3) is 0 Å². The van der Waals surface area contributed by atoms with Crippen LogP contribution in [0.2, 0.25) is 0 Å². The molecule has 1 aromatic rings. The van der Waals surface area contributed by atoms with Crippen molar-refractivity contribution in [2.75, 3.05) is 53.1 Å². The number of morpholine rings is 1. The molecule has 1 aromatic heterocycles. The number of nitrogens with one attached hydrogen (secondary N) is 3. The standard InChI is InChI=1S/C16H25N3O5/c1-22-8-3-5-17-15(20)16(21)18-12-13(14-4-2-9-24-14)19-6-10-23-11-7-19/h2,4,9,13H,3,5-8,10-12H2,1H3,(H,17,20)(H,18,21)/p+1/t13-/m0/s1. The number of methoxy groups -OCH3 is 1. The first-order chi connectivity index (χ1) is 11.7. The molecule has 1 atom stereocenters. The van der Waals surface area contributed by atoms with Crippen molar-refractivity contribution in [1.82, 2.24) is 10.6 Å². The molecule has 0 spiro atoms. The van der Waals surface area contributed by atoms with Crippen LogP contribution in [0.1, 0.15) is 18.2 Å². The minimum absolute atomic E-state index is 0.0332. The van der Waals surface area contributed by atoms with E-state index in [1.807, 2.05) is 12.1 Å². The van der Waals surface area contributed by atoms with Gasteiger partial charge in [-0.2, -0.15) is 0 Å². The van der Waals surface area contributed by atoms with Gasteiger partial charge in [0.15, 0.2) is 11.8 Å². The highest BCUT2D eigenvalue weighted by atomic mass is 16.5. The Labute approximate surface area is 141 Å². The third kappa shape index (κ3) is 5.63. The van der Waals surface area contributed by atoms with E-state index in [0.29, 0.717) is 39.3 Å². The monoisotopic (exact) mass is 340 g/mol. The van der Waals surface area contributed by atoms with Gasteiger partial charge in [-0.15, -0.1) is 0 Å². The maximum atomic E-state index is 11.9. The maximum absolute atomic E-state index is 11.9. The summed E-state index contributed by atoms with van der Waals surface area (Å²) in [4.78, 5) is 25.0. The number of amides is 2. The molecule has 2 amide bonds. The molecule has 2 heterocycles. The SMILES string of the molecule is COCCCNC(=O)C(=O)NC[C@@H](c1ccco1)[NH+]1CCOCC1. The Hall–Kier alpha value is -1.90. The highest BCUT2D eigenvalue weighted by Gasteiger charge is 2.29. The lowest BCUT2D eigenvalue weighted by molar-refractivity contribution is -0.938. The van der Waals surface area contributed by atoms with E-state index >= 15 is 0 Å². The maximum Gasteiger partial charge on any atom is 0.309 e. The van der Waals surface area contributed by atoms with E-state index in [1.54, 1.807) is 13.4 Å². The molecule has 1 saturated heterocycles. The van der Waals surface area contributed by atoms with Crippen molar-refractivity contribution in [1.29, 1.82) is 0 Å². The lowest BCUT2D eigenvalue weighted by atomic mass is 10.1. The van der Waals surface area contributed by atoms with E-state index in [2.05, 4.69) is 10.6 Å². The topological polar surface area (TPSA) is 94.2 Å². The quantitative estimate of drug-likeness (QED) is 0.396. The summed E-state index contributed by atoms with van der Waals surface area (Å²) in [6.07, 6.45) is 2.29. The molecule has 0 radical (unpaired) electrons. The van der Waals surface area contributed by atoms with Gasteiger partial charge in [-0.3, -0.25) is 9.59 Å². The molecule has 2 rings (SSSR count). The number of hydrogen-bond acceptors (Lipinski definition) is 5. The first-order valence-electron chi connectivity index (χ1n) is 8.23. The molecule has 134 valence electrons. The third-order valence-corrected chi connectivity index (χ3v) is 4.00. The van der Waals surface area contributed by atoms with Crippen LogP contribution in [-0.2, 0) is 19.1 Å². The summed E-state index contributed by atoms with van der Waals surface area (Å²) < 4.78 is 15.8. The summed E-state index contributed by atoms with van der Waals surface area (Å²) in [7, 11) is 1.59. The van der Waals surface area contributed by atoms with Gasteiger partial charge < -0.3 is 29.4 Å². The third-order valence-electron chi connectivity index (χ3n) is 4.00. The summed E-state index contributed by atoms with van der Waals surface area (Å²) in [6, 6.07) is 3.69. The normalized spacial score (nSPS) is 16.5. The second-order valence-corrected chi connectivity index (χ2v) is 5.65. The Balaban J connectivity index is 1.83. The molecule has 0 saturated carbocycles. The van der Waals surface area contributed by atoms with Crippen molar-refractivity contribution < 1.29 is 28.4 Å². The van der Waals surface area contributed by atoms with Crippen molar-refractivity contribution in [3.63, 3.8) is 0 Å².